The molecule has 130 valence electrons. The minimum atomic E-state index is -0.854. The number of amides is 2. The fraction of sp³-hybridized carbons (Fsp3) is 0.200. The Bertz CT molecular complexity index is 843. The summed E-state index contributed by atoms with van der Waals surface area (Å²) in [6.07, 6.45) is 0.947. The van der Waals surface area contributed by atoms with Crippen LogP contribution in [0.4, 0.5) is 11.5 Å². The SMILES string of the molecule is N#Cc1c(N)n[nH]c1CCCNC(=O)C(=O)Nc1cccc(Cl)c1Cl. The zero-order valence-electron chi connectivity index (χ0n) is 12.9. The van der Waals surface area contributed by atoms with E-state index in [2.05, 4.69) is 20.8 Å². The van der Waals surface area contributed by atoms with E-state index in [1.54, 1.807) is 12.1 Å². The minimum absolute atomic E-state index is 0.138. The summed E-state index contributed by atoms with van der Waals surface area (Å²) in [7, 11) is 0. The number of nitriles is 1. The number of aromatic amines is 1. The van der Waals surface area contributed by atoms with Crippen LogP contribution in [0.2, 0.25) is 10.0 Å². The quantitative estimate of drug-likeness (QED) is 0.463. The summed E-state index contributed by atoms with van der Waals surface area (Å²) in [5, 5.41) is 20.7. The van der Waals surface area contributed by atoms with Crippen LogP contribution in [0.5, 0.6) is 0 Å². The predicted octanol–water partition coefficient (Wildman–Crippen LogP) is 1.86. The van der Waals surface area contributed by atoms with Crippen LogP contribution in [-0.4, -0.2) is 28.6 Å². The van der Waals surface area contributed by atoms with Gasteiger partial charge in [-0.1, -0.05) is 29.3 Å². The third-order valence-corrected chi connectivity index (χ3v) is 4.10. The first-order valence-corrected chi connectivity index (χ1v) is 7.95. The van der Waals surface area contributed by atoms with E-state index >= 15 is 0 Å². The number of H-pyrrole nitrogens is 1. The van der Waals surface area contributed by atoms with E-state index < -0.39 is 11.8 Å². The van der Waals surface area contributed by atoms with Crippen LogP contribution in [-0.2, 0) is 16.0 Å². The molecule has 0 aliphatic heterocycles. The van der Waals surface area contributed by atoms with Crippen molar-refractivity contribution < 1.29 is 9.59 Å². The number of nitrogen functional groups attached to an aromatic ring is 1. The summed E-state index contributed by atoms with van der Waals surface area (Å²) in [5.41, 5.74) is 6.66. The maximum absolute atomic E-state index is 11.8. The molecular weight excluding hydrogens is 367 g/mol. The number of rotatable bonds is 5. The van der Waals surface area contributed by atoms with E-state index in [1.165, 1.54) is 6.07 Å². The van der Waals surface area contributed by atoms with Crippen LogP contribution in [0.25, 0.3) is 0 Å². The number of anilines is 2. The topological polar surface area (TPSA) is 137 Å². The van der Waals surface area contributed by atoms with Crippen molar-refractivity contribution in [2.75, 3.05) is 17.6 Å². The van der Waals surface area contributed by atoms with Crippen LogP contribution in [0.3, 0.4) is 0 Å². The average Bonchev–Trinajstić information content (AvgIpc) is 2.95. The minimum Gasteiger partial charge on any atom is -0.381 e. The standard InChI is InChI=1S/C15H14Cl2N6O2/c16-9-3-1-4-11(12(9)17)21-15(25)14(24)20-6-2-5-10-8(7-18)13(19)23-22-10/h1,3-4H,2,5-6H2,(H,20,24)(H,21,25)(H3,19,22,23). The second-order valence-corrected chi connectivity index (χ2v) is 5.77. The molecule has 0 bridgehead atoms. The second-order valence-electron chi connectivity index (χ2n) is 4.99. The van der Waals surface area contributed by atoms with Gasteiger partial charge in [-0.3, -0.25) is 14.7 Å². The molecule has 0 aliphatic rings. The summed E-state index contributed by atoms with van der Waals surface area (Å²) in [5.74, 6) is -1.52. The zero-order chi connectivity index (χ0) is 18.4. The number of hydrogen-bond donors (Lipinski definition) is 4. The first-order chi connectivity index (χ1) is 11.9. The van der Waals surface area contributed by atoms with Crippen LogP contribution < -0.4 is 16.4 Å². The molecule has 8 nitrogen and oxygen atoms in total. The molecule has 0 aliphatic carbocycles. The number of carbonyl (C=O) groups is 2. The van der Waals surface area contributed by atoms with Gasteiger partial charge in [-0.05, 0) is 25.0 Å². The van der Waals surface area contributed by atoms with E-state index in [9.17, 15) is 9.59 Å². The molecule has 5 N–H and O–H groups in total. The molecule has 2 rings (SSSR count). The van der Waals surface area contributed by atoms with Gasteiger partial charge in [0.25, 0.3) is 0 Å². The fourth-order valence-electron chi connectivity index (χ4n) is 2.03. The van der Waals surface area contributed by atoms with Crippen molar-refractivity contribution >= 4 is 46.5 Å². The van der Waals surface area contributed by atoms with Crippen LogP contribution in [0.1, 0.15) is 17.7 Å². The smallest absolute Gasteiger partial charge is 0.313 e. The van der Waals surface area contributed by atoms with E-state index in [0.29, 0.717) is 24.1 Å². The van der Waals surface area contributed by atoms with Gasteiger partial charge in [-0.25, -0.2) is 0 Å². The van der Waals surface area contributed by atoms with Crippen molar-refractivity contribution in [2.45, 2.75) is 12.8 Å². The highest BCUT2D eigenvalue weighted by molar-refractivity contribution is 6.45. The molecule has 1 aromatic heterocycles. The van der Waals surface area contributed by atoms with Gasteiger partial charge in [0.2, 0.25) is 0 Å². The summed E-state index contributed by atoms with van der Waals surface area (Å²) in [6.45, 7) is 0.235. The van der Waals surface area contributed by atoms with E-state index in [1.807, 2.05) is 6.07 Å². The third kappa shape index (κ3) is 4.62. The van der Waals surface area contributed by atoms with Crippen molar-refractivity contribution in [3.8, 4) is 6.07 Å². The number of hydrogen-bond acceptors (Lipinski definition) is 5. The van der Waals surface area contributed by atoms with Gasteiger partial charge in [0.15, 0.2) is 5.82 Å². The van der Waals surface area contributed by atoms with Gasteiger partial charge >= 0.3 is 11.8 Å². The number of benzene rings is 1. The lowest BCUT2D eigenvalue weighted by atomic mass is 10.1. The molecule has 10 heteroatoms. The Kier molecular flexibility index (Phi) is 6.22. The highest BCUT2D eigenvalue weighted by Gasteiger charge is 2.16. The predicted molar refractivity (Wildman–Crippen MR) is 94.1 cm³/mol. The molecule has 0 radical (unpaired) electrons. The monoisotopic (exact) mass is 380 g/mol. The van der Waals surface area contributed by atoms with Crippen LogP contribution in [0.15, 0.2) is 18.2 Å². The van der Waals surface area contributed by atoms with Gasteiger partial charge in [0, 0.05) is 6.54 Å². The Labute approximate surface area is 153 Å². The summed E-state index contributed by atoms with van der Waals surface area (Å²) in [4.78, 5) is 23.6. The summed E-state index contributed by atoms with van der Waals surface area (Å²) < 4.78 is 0. The highest BCUT2D eigenvalue weighted by atomic mass is 35.5. The molecular formula is C15H14Cl2N6O2. The largest absolute Gasteiger partial charge is 0.381 e. The molecule has 0 unspecified atom stereocenters. The van der Waals surface area contributed by atoms with Crippen LogP contribution in [0, 0.1) is 11.3 Å². The average molecular weight is 381 g/mol. The first-order valence-electron chi connectivity index (χ1n) is 7.20. The molecule has 1 heterocycles. The second kappa shape index (κ2) is 8.37. The molecule has 2 amide bonds. The molecule has 0 atom stereocenters. The molecule has 0 saturated heterocycles. The number of carbonyl (C=O) groups excluding carboxylic acids is 2. The number of halogens is 2. The Balaban J connectivity index is 1.81. The van der Waals surface area contributed by atoms with Crippen molar-refractivity contribution in [2.24, 2.45) is 0 Å². The number of nitrogens with two attached hydrogens (primary N) is 1. The van der Waals surface area contributed by atoms with Crippen LogP contribution >= 0.6 is 23.2 Å². The van der Waals surface area contributed by atoms with Crippen molar-refractivity contribution in [3.05, 3.63) is 39.5 Å². The van der Waals surface area contributed by atoms with Gasteiger partial charge in [-0.2, -0.15) is 10.4 Å². The lowest BCUT2D eigenvalue weighted by Gasteiger charge is -2.08. The summed E-state index contributed by atoms with van der Waals surface area (Å²) >= 11 is 11.8. The Morgan fingerprint density at radius 3 is 2.80 bits per heavy atom. The maximum atomic E-state index is 11.8. The lowest BCUT2D eigenvalue weighted by Crippen LogP contribution is -2.36. The Hall–Kier alpha value is -2.76. The zero-order valence-corrected chi connectivity index (χ0v) is 14.4. The molecule has 0 saturated carbocycles. The number of nitrogens with zero attached hydrogens (tertiary/aromatic N) is 2. The lowest BCUT2D eigenvalue weighted by molar-refractivity contribution is -0.136. The molecule has 1 aromatic carbocycles. The normalized spacial score (nSPS) is 10.1. The fourth-order valence-corrected chi connectivity index (χ4v) is 2.37. The van der Waals surface area contributed by atoms with Gasteiger partial charge < -0.3 is 16.4 Å². The molecule has 25 heavy (non-hydrogen) atoms. The maximum Gasteiger partial charge on any atom is 0.313 e. The molecule has 2 aromatic rings. The number of aryl methyl sites for hydroxylation is 1. The third-order valence-electron chi connectivity index (χ3n) is 3.28. The van der Waals surface area contributed by atoms with Gasteiger partial charge in [0.1, 0.15) is 11.6 Å². The van der Waals surface area contributed by atoms with Crippen molar-refractivity contribution in [3.63, 3.8) is 0 Å². The Morgan fingerprint density at radius 1 is 1.32 bits per heavy atom. The summed E-state index contributed by atoms with van der Waals surface area (Å²) in [6, 6.07) is 6.66. The van der Waals surface area contributed by atoms with Gasteiger partial charge in [0.05, 0.1) is 21.4 Å². The Morgan fingerprint density at radius 2 is 2.08 bits per heavy atom. The van der Waals surface area contributed by atoms with Crippen molar-refractivity contribution in [1.29, 1.82) is 5.26 Å². The van der Waals surface area contributed by atoms with E-state index in [0.717, 1.165) is 0 Å². The number of aromatic nitrogens is 2. The number of nitrogens with one attached hydrogen (secondary N) is 3. The first kappa shape index (κ1) is 18.6. The molecule has 0 fully saturated rings. The van der Waals surface area contributed by atoms with E-state index in [4.69, 9.17) is 34.2 Å². The van der Waals surface area contributed by atoms with Gasteiger partial charge in [-0.15, -0.1) is 0 Å². The highest BCUT2D eigenvalue weighted by Crippen LogP contribution is 2.29. The molecule has 0 spiro atoms. The van der Waals surface area contributed by atoms with Crippen molar-refractivity contribution in [1.82, 2.24) is 15.5 Å². The van der Waals surface area contributed by atoms with E-state index in [-0.39, 0.29) is 28.1 Å².